The first-order valence-electron chi connectivity index (χ1n) is 5.28. The Kier molecular flexibility index (Phi) is 4.92. The molecule has 0 aromatic heterocycles. The van der Waals surface area contributed by atoms with E-state index in [0.717, 1.165) is 6.42 Å². The molecule has 1 aliphatic rings. The molecule has 1 aromatic carbocycles. The number of hydrogen-bond donors (Lipinski definition) is 1. The van der Waals surface area contributed by atoms with E-state index in [2.05, 4.69) is 5.32 Å². The van der Waals surface area contributed by atoms with Crippen LogP contribution in [-0.4, -0.2) is 6.54 Å². The van der Waals surface area contributed by atoms with Crippen LogP contribution in [0.1, 0.15) is 30.9 Å². The van der Waals surface area contributed by atoms with Crippen LogP contribution in [0.5, 0.6) is 0 Å². The molecule has 18 heavy (non-hydrogen) atoms. The van der Waals surface area contributed by atoms with Crippen molar-refractivity contribution >= 4 is 12.4 Å². The molecule has 1 atom stereocenters. The number of hydrogen-bond acceptors (Lipinski definition) is 1. The van der Waals surface area contributed by atoms with E-state index in [0.29, 0.717) is 19.4 Å². The van der Waals surface area contributed by atoms with Gasteiger partial charge in [0.25, 0.3) is 0 Å². The number of piperidine rings is 1. The zero-order chi connectivity index (χ0) is 12.6. The summed E-state index contributed by atoms with van der Waals surface area (Å²) in [4.78, 5) is 0. The van der Waals surface area contributed by atoms with E-state index in [1.165, 1.54) is 0 Å². The van der Waals surface area contributed by atoms with Crippen LogP contribution in [0.4, 0.5) is 22.0 Å². The summed E-state index contributed by atoms with van der Waals surface area (Å²) in [5.74, 6) is -9.35. The van der Waals surface area contributed by atoms with Gasteiger partial charge >= 0.3 is 0 Å². The minimum absolute atomic E-state index is 0. The molecule has 1 N–H and O–H groups in total. The van der Waals surface area contributed by atoms with Crippen molar-refractivity contribution < 1.29 is 22.0 Å². The second-order valence-electron chi connectivity index (χ2n) is 3.99. The second-order valence-corrected chi connectivity index (χ2v) is 3.99. The Balaban J connectivity index is 0.00000162. The van der Waals surface area contributed by atoms with Crippen molar-refractivity contribution in [2.45, 2.75) is 25.3 Å². The summed E-state index contributed by atoms with van der Waals surface area (Å²) in [5, 5.41) is 2.76. The van der Waals surface area contributed by atoms with E-state index in [4.69, 9.17) is 0 Å². The van der Waals surface area contributed by atoms with Gasteiger partial charge in [-0.15, -0.1) is 12.4 Å². The van der Waals surface area contributed by atoms with E-state index >= 15 is 0 Å². The lowest BCUT2D eigenvalue weighted by molar-refractivity contribution is 0.336. The molecule has 0 bridgehead atoms. The smallest absolute Gasteiger partial charge is 0.200 e. The first-order valence-corrected chi connectivity index (χ1v) is 5.28. The topological polar surface area (TPSA) is 12.0 Å². The highest BCUT2D eigenvalue weighted by Crippen LogP contribution is 2.31. The molecule has 1 aliphatic heterocycles. The van der Waals surface area contributed by atoms with Crippen LogP contribution >= 0.6 is 12.4 Å². The molecule has 0 spiro atoms. The molecule has 1 saturated heterocycles. The molecule has 1 fully saturated rings. The first-order chi connectivity index (χ1) is 8.04. The van der Waals surface area contributed by atoms with Crippen LogP contribution < -0.4 is 5.32 Å². The quantitative estimate of drug-likeness (QED) is 0.473. The van der Waals surface area contributed by atoms with Gasteiger partial charge in [0.15, 0.2) is 23.3 Å². The fraction of sp³-hybridized carbons (Fsp3) is 0.455. The van der Waals surface area contributed by atoms with E-state index in [1.54, 1.807) is 0 Å². The Morgan fingerprint density at radius 2 is 1.28 bits per heavy atom. The monoisotopic (exact) mass is 287 g/mol. The summed E-state index contributed by atoms with van der Waals surface area (Å²) < 4.78 is 65.6. The maximum absolute atomic E-state index is 13.4. The fourth-order valence-corrected chi connectivity index (χ4v) is 2.03. The van der Waals surface area contributed by atoms with Gasteiger partial charge in [0.05, 0.1) is 0 Å². The minimum atomic E-state index is -2.11. The van der Waals surface area contributed by atoms with Gasteiger partial charge in [-0.05, 0) is 19.4 Å². The molecular formula is C11H11ClF5N. The van der Waals surface area contributed by atoms with Crippen LogP contribution in [0.25, 0.3) is 0 Å². The van der Waals surface area contributed by atoms with Gasteiger partial charge < -0.3 is 5.32 Å². The second kappa shape index (κ2) is 5.84. The van der Waals surface area contributed by atoms with Crippen LogP contribution in [0, 0.1) is 29.1 Å². The third kappa shape index (κ3) is 2.44. The van der Waals surface area contributed by atoms with Crippen molar-refractivity contribution in [2.75, 3.05) is 6.54 Å². The van der Waals surface area contributed by atoms with E-state index in [9.17, 15) is 22.0 Å². The highest BCUT2D eigenvalue weighted by molar-refractivity contribution is 5.85. The summed E-state index contributed by atoms with van der Waals surface area (Å²) in [7, 11) is 0. The molecule has 0 unspecified atom stereocenters. The Labute approximate surface area is 107 Å². The van der Waals surface area contributed by atoms with Gasteiger partial charge in [-0.1, -0.05) is 6.42 Å². The molecular weight excluding hydrogens is 277 g/mol. The maximum Gasteiger partial charge on any atom is 0.200 e. The van der Waals surface area contributed by atoms with Crippen molar-refractivity contribution in [2.24, 2.45) is 0 Å². The Morgan fingerprint density at radius 3 is 1.72 bits per heavy atom. The largest absolute Gasteiger partial charge is 0.310 e. The van der Waals surface area contributed by atoms with Crippen molar-refractivity contribution in [3.63, 3.8) is 0 Å². The Hall–Kier alpha value is -0.880. The molecule has 7 heteroatoms. The third-order valence-electron chi connectivity index (χ3n) is 2.90. The average Bonchev–Trinajstić information content (AvgIpc) is 2.36. The number of halogens is 6. The zero-order valence-electron chi connectivity index (χ0n) is 9.20. The normalized spacial score (nSPS) is 19.5. The molecule has 1 nitrogen and oxygen atoms in total. The van der Waals surface area contributed by atoms with Crippen LogP contribution in [0.2, 0.25) is 0 Å². The molecule has 1 aromatic rings. The van der Waals surface area contributed by atoms with E-state index < -0.39 is 40.7 Å². The predicted octanol–water partition coefficient (Wildman–Crippen LogP) is 3.62. The van der Waals surface area contributed by atoms with Gasteiger partial charge in [-0.3, -0.25) is 0 Å². The highest BCUT2D eigenvalue weighted by atomic mass is 35.5. The van der Waals surface area contributed by atoms with Crippen molar-refractivity contribution in [3.8, 4) is 0 Å². The van der Waals surface area contributed by atoms with Crippen LogP contribution in [0.15, 0.2) is 0 Å². The van der Waals surface area contributed by atoms with E-state index in [-0.39, 0.29) is 12.4 Å². The molecule has 0 saturated carbocycles. The van der Waals surface area contributed by atoms with Gasteiger partial charge in [0.2, 0.25) is 5.82 Å². The number of nitrogens with one attached hydrogen (secondary N) is 1. The summed E-state index contributed by atoms with van der Waals surface area (Å²) in [6.07, 6.45) is 1.88. The Morgan fingerprint density at radius 1 is 0.778 bits per heavy atom. The highest BCUT2D eigenvalue weighted by Gasteiger charge is 2.30. The number of benzene rings is 1. The summed E-state index contributed by atoms with van der Waals surface area (Å²) in [6, 6.07) is -0.812. The lowest BCUT2D eigenvalue weighted by atomic mass is 9.96. The van der Waals surface area contributed by atoms with Gasteiger partial charge in [-0.2, -0.15) is 0 Å². The molecule has 0 radical (unpaired) electrons. The third-order valence-corrected chi connectivity index (χ3v) is 2.90. The van der Waals surface area contributed by atoms with Crippen molar-refractivity contribution in [1.29, 1.82) is 0 Å². The molecule has 0 aliphatic carbocycles. The average molecular weight is 288 g/mol. The lowest BCUT2D eigenvalue weighted by Gasteiger charge is -2.24. The standard InChI is InChI=1S/C11H10F5N.ClH/c12-7-6(5-3-1-2-4-17-5)8(13)10(15)11(16)9(7)14;/h5,17H,1-4H2;1H/t5-;/m1./s1. The maximum atomic E-state index is 13.4. The first kappa shape index (κ1) is 15.2. The Bertz CT molecular complexity index is 417. The molecule has 0 amide bonds. The lowest BCUT2D eigenvalue weighted by Crippen LogP contribution is -2.29. The summed E-state index contributed by atoms with van der Waals surface area (Å²) in [6.45, 7) is 0.504. The van der Waals surface area contributed by atoms with Crippen LogP contribution in [0.3, 0.4) is 0 Å². The summed E-state index contributed by atoms with van der Waals surface area (Å²) in [5.41, 5.74) is -0.749. The zero-order valence-corrected chi connectivity index (χ0v) is 10.0. The number of rotatable bonds is 1. The molecule has 2 rings (SSSR count). The summed E-state index contributed by atoms with van der Waals surface area (Å²) >= 11 is 0. The van der Waals surface area contributed by atoms with Gasteiger partial charge in [0, 0.05) is 11.6 Å². The van der Waals surface area contributed by atoms with Gasteiger partial charge in [0.1, 0.15) is 0 Å². The SMILES string of the molecule is Cl.Fc1c(F)c(F)c([C@H]2CCCCN2)c(F)c1F. The molecule has 1 heterocycles. The van der Waals surface area contributed by atoms with Crippen molar-refractivity contribution in [1.82, 2.24) is 5.32 Å². The van der Waals surface area contributed by atoms with Gasteiger partial charge in [-0.25, -0.2) is 22.0 Å². The minimum Gasteiger partial charge on any atom is -0.310 e. The fourth-order valence-electron chi connectivity index (χ4n) is 2.03. The van der Waals surface area contributed by atoms with Crippen LogP contribution in [-0.2, 0) is 0 Å². The molecule has 102 valence electrons. The van der Waals surface area contributed by atoms with E-state index in [1.807, 2.05) is 0 Å². The van der Waals surface area contributed by atoms with Crippen molar-refractivity contribution in [3.05, 3.63) is 34.6 Å². The predicted molar refractivity (Wildman–Crippen MR) is 58.1 cm³/mol.